The molecule has 0 atom stereocenters. The molecule has 1 amide bonds. The first-order valence-electron chi connectivity index (χ1n) is 8.06. The topological polar surface area (TPSA) is 79.6 Å². The van der Waals surface area contributed by atoms with Gasteiger partial charge in [-0.25, -0.2) is 13.1 Å². The van der Waals surface area contributed by atoms with Crippen molar-refractivity contribution in [2.75, 3.05) is 13.6 Å². The van der Waals surface area contributed by atoms with Crippen LogP contribution in [0, 0.1) is 6.92 Å². The van der Waals surface area contributed by atoms with Gasteiger partial charge < -0.3 is 9.32 Å². The van der Waals surface area contributed by atoms with Crippen molar-refractivity contribution in [2.24, 2.45) is 0 Å². The van der Waals surface area contributed by atoms with Crippen LogP contribution in [0.1, 0.15) is 32.8 Å². The number of aryl methyl sites for hydroxylation is 1. The number of sulfonamides is 1. The average molecular weight is 402 g/mol. The van der Waals surface area contributed by atoms with Gasteiger partial charge in [0.15, 0.2) is 0 Å². The number of amides is 1. The van der Waals surface area contributed by atoms with Crippen LogP contribution in [0.15, 0.2) is 33.8 Å². The van der Waals surface area contributed by atoms with Gasteiger partial charge in [0, 0.05) is 19.2 Å². The normalized spacial score (nSPS) is 14.9. The predicted octanol–water partition coefficient (Wildman–Crippen LogP) is 2.71. The maximum absolute atomic E-state index is 13.1. The summed E-state index contributed by atoms with van der Waals surface area (Å²) in [6, 6.07) is 5.04. The molecule has 0 radical (unpaired) electrons. The summed E-state index contributed by atoms with van der Waals surface area (Å²) in [5.41, 5.74) is -0.00157. The zero-order valence-electron chi connectivity index (χ0n) is 14.6. The Bertz CT molecular complexity index is 996. The van der Waals surface area contributed by atoms with E-state index in [9.17, 15) is 26.4 Å². The Morgan fingerprint density at radius 1 is 1.30 bits per heavy atom. The van der Waals surface area contributed by atoms with Crippen molar-refractivity contribution in [1.29, 1.82) is 0 Å². The largest absolute Gasteiger partial charge is 0.448 e. The van der Waals surface area contributed by atoms with Crippen LogP contribution in [0.25, 0.3) is 0 Å². The summed E-state index contributed by atoms with van der Waals surface area (Å²) in [6.45, 7) is 1.57. The number of carbonyl (C=O) groups excluding carboxylic acids is 1. The summed E-state index contributed by atoms with van der Waals surface area (Å²) in [7, 11) is -2.63. The predicted molar refractivity (Wildman–Crippen MR) is 89.6 cm³/mol. The molecular weight excluding hydrogens is 385 g/mol. The number of fused-ring (bicyclic) bond motifs is 1. The molecule has 1 aromatic carbocycles. The monoisotopic (exact) mass is 402 g/mol. The molecule has 0 aliphatic carbocycles. The standard InChI is InChI=1S/C17H17F3N2O4S/c1-10-13(8-15(26-10)27(24,25)21-2)16(23)22-7-6-12-11(9-22)4-3-5-14(12)17(18,19)20/h3-5,8,21H,6-7,9H2,1-2H3. The Hall–Kier alpha value is -2.33. The van der Waals surface area contributed by atoms with E-state index < -0.39 is 27.7 Å². The van der Waals surface area contributed by atoms with E-state index in [-0.39, 0.29) is 41.5 Å². The molecule has 0 saturated heterocycles. The zero-order valence-corrected chi connectivity index (χ0v) is 15.4. The van der Waals surface area contributed by atoms with Crippen molar-refractivity contribution < 1.29 is 30.8 Å². The minimum atomic E-state index is -4.45. The van der Waals surface area contributed by atoms with Gasteiger partial charge in [0.25, 0.3) is 15.9 Å². The summed E-state index contributed by atoms with van der Waals surface area (Å²) in [5.74, 6) is -0.361. The minimum absolute atomic E-state index is 0.0107. The van der Waals surface area contributed by atoms with Crippen molar-refractivity contribution in [3.05, 3.63) is 52.3 Å². The molecule has 10 heteroatoms. The number of hydrogen-bond donors (Lipinski definition) is 1. The molecule has 1 aliphatic rings. The number of furan rings is 1. The van der Waals surface area contributed by atoms with E-state index in [2.05, 4.69) is 4.72 Å². The molecule has 0 bridgehead atoms. The smallest absolute Gasteiger partial charge is 0.416 e. The van der Waals surface area contributed by atoms with Gasteiger partial charge in [-0.15, -0.1) is 0 Å². The Balaban J connectivity index is 1.90. The highest BCUT2D eigenvalue weighted by atomic mass is 32.2. The second-order valence-corrected chi connectivity index (χ2v) is 7.98. The molecule has 1 aromatic heterocycles. The fraction of sp³-hybridized carbons (Fsp3) is 0.353. The average Bonchev–Trinajstić information content (AvgIpc) is 3.01. The van der Waals surface area contributed by atoms with Gasteiger partial charge in [0.1, 0.15) is 5.76 Å². The lowest BCUT2D eigenvalue weighted by Crippen LogP contribution is -2.37. The number of nitrogens with one attached hydrogen (secondary N) is 1. The molecule has 146 valence electrons. The quantitative estimate of drug-likeness (QED) is 0.856. The van der Waals surface area contributed by atoms with Gasteiger partial charge in [-0.1, -0.05) is 12.1 Å². The fourth-order valence-electron chi connectivity index (χ4n) is 3.12. The molecule has 27 heavy (non-hydrogen) atoms. The first kappa shape index (κ1) is 19.4. The molecule has 1 aliphatic heterocycles. The molecule has 0 saturated carbocycles. The Kier molecular flexibility index (Phi) is 4.81. The highest BCUT2D eigenvalue weighted by molar-refractivity contribution is 7.89. The highest BCUT2D eigenvalue weighted by Crippen LogP contribution is 2.36. The lowest BCUT2D eigenvalue weighted by atomic mass is 9.94. The summed E-state index contributed by atoms with van der Waals surface area (Å²) in [4.78, 5) is 14.2. The van der Waals surface area contributed by atoms with Crippen molar-refractivity contribution >= 4 is 15.9 Å². The summed E-state index contributed by atoms with van der Waals surface area (Å²) in [6.07, 6.45) is -4.38. The van der Waals surface area contributed by atoms with Gasteiger partial charge >= 0.3 is 6.18 Å². The molecule has 2 heterocycles. The first-order valence-corrected chi connectivity index (χ1v) is 9.54. The fourth-order valence-corrected chi connectivity index (χ4v) is 3.83. The number of nitrogens with zero attached hydrogens (tertiary/aromatic N) is 1. The van der Waals surface area contributed by atoms with Gasteiger partial charge in [0.2, 0.25) is 5.09 Å². The molecule has 3 rings (SSSR count). The minimum Gasteiger partial charge on any atom is -0.448 e. The third-order valence-corrected chi connectivity index (χ3v) is 5.79. The first-order chi connectivity index (χ1) is 12.5. The third kappa shape index (κ3) is 3.59. The van der Waals surface area contributed by atoms with E-state index in [1.165, 1.54) is 24.9 Å². The van der Waals surface area contributed by atoms with Crippen LogP contribution >= 0.6 is 0 Å². The maximum atomic E-state index is 13.1. The van der Waals surface area contributed by atoms with Gasteiger partial charge in [0.05, 0.1) is 11.1 Å². The van der Waals surface area contributed by atoms with Crippen molar-refractivity contribution in [3.8, 4) is 0 Å². The van der Waals surface area contributed by atoms with Gasteiger partial charge in [-0.3, -0.25) is 4.79 Å². The number of carbonyl (C=O) groups is 1. The van der Waals surface area contributed by atoms with Crippen molar-refractivity contribution in [1.82, 2.24) is 9.62 Å². The molecule has 2 aromatic rings. The van der Waals surface area contributed by atoms with Gasteiger partial charge in [-0.05, 0) is 37.6 Å². The van der Waals surface area contributed by atoms with Gasteiger partial charge in [-0.2, -0.15) is 13.2 Å². The van der Waals surface area contributed by atoms with E-state index >= 15 is 0 Å². The molecule has 6 nitrogen and oxygen atoms in total. The molecule has 0 spiro atoms. The van der Waals surface area contributed by atoms with Crippen LogP contribution in [-0.4, -0.2) is 32.8 Å². The Morgan fingerprint density at radius 3 is 2.63 bits per heavy atom. The summed E-state index contributed by atoms with van der Waals surface area (Å²) >= 11 is 0. The van der Waals surface area contributed by atoms with Crippen molar-refractivity contribution in [3.63, 3.8) is 0 Å². The number of hydrogen-bond acceptors (Lipinski definition) is 4. The lowest BCUT2D eigenvalue weighted by molar-refractivity contribution is -0.138. The van der Waals surface area contributed by atoms with Crippen LogP contribution < -0.4 is 4.72 Å². The molecule has 0 fully saturated rings. The highest BCUT2D eigenvalue weighted by Gasteiger charge is 2.36. The third-order valence-electron chi connectivity index (χ3n) is 4.52. The number of benzene rings is 1. The van der Waals surface area contributed by atoms with Crippen LogP contribution in [0.3, 0.4) is 0 Å². The van der Waals surface area contributed by atoms with E-state index in [1.54, 1.807) is 6.07 Å². The zero-order chi connectivity index (χ0) is 20.0. The number of rotatable bonds is 3. The molecular formula is C17H17F3N2O4S. The summed E-state index contributed by atoms with van der Waals surface area (Å²) in [5, 5.41) is -0.386. The van der Waals surface area contributed by atoms with E-state index in [4.69, 9.17) is 4.42 Å². The second-order valence-electron chi connectivity index (χ2n) is 6.16. The van der Waals surface area contributed by atoms with Crippen LogP contribution in [0.4, 0.5) is 13.2 Å². The second kappa shape index (κ2) is 6.68. The lowest BCUT2D eigenvalue weighted by Gasteiger charge is -2.30. The maximum Gasteiger partial charge on any atom is 0.416 e. The number of halogens is 3. The molecule has 1 N–H and O–H groups in total. The van der Waals surface area contributed by atoms with Crippen LogP contribution in [-0.2, 0) is 29.2 Å². The van der Waals surface area contributed by atoms with E-state index in [1.807, 2.05) is 0 Å². The van der Waals surface area contributed by atoms with Crippen LogP contribution in [0.5, 0.6) is 0 Å². The number of alkyl halides is 3. The Labute approximate surface area is 154 Å². The van der Waals surface area contributed by atoms with E-state index in [0.29, 0.717) is 5.56 Å². The SMILES string of the molecule is CNS(=O)(=O)c1cc(C(=O)N2CCc3c(cccc3C(F)(F)F)C2)c(C)o1. The molecule has 0 unspecified atom stereocenters. The Morgan fingerprint density at radius 2 is 2.00 bits per heavy atom. The van der Waals surface area contributed by atoms with Crippen molar-refractivity contribution in [2.45, 2.75) is 31.2 Å². The summed E-state index contributed by atoms with van der Waals surface area (Å²) < 4.78 is 70.3. The van der Waals surface area contributed by atoms with E-state index in [0.717, 1.165) is 12.1 Å². The van der Waals surface area contributed by atoms with Crippen LogP contribution in [0.2, 0.25) is 0 Å².